The van der Waals surface area contributed by atoms with Crippen LogP contribution in [0.15, 0.2) is 0 Å². The summed E-state index contributed by atoms with van der Waals surface area (Å²) in [5.74, 6) is -0.995. The minimum Gasteiger partial charge on any atom is -0.479 e. The van der Waals surface area contributed by atoms with Gasteiger partial charge in [0.15, 0.2) is 5.60 Å². The highest BCUT2D eigenvalue weighted by molar-refractivity contribution is 5.76. The molecule has 0 aromatic heterocycles. The third kappa shape index (κ3) is 29.3. The molecule has 200 valence electrons. The van der Waals surface area contributed by atoms with Crippen LogP contribution in [0.5, 0.6) is 0 Å². The average molecular weight is 475 g/mol. The molecule has 0 saturated heterocycles. The third-order valence-electron chi connectivity index (χ3n) is 5.56. The van der Waals surface area contributed by atoms with Crippen molar-refractivity contribution >= 4 is 5.97 Å². The van der Waals surface area contributed by atoms with Crippen LogP contribution in [0.2, 0.25) is 0 Å². The number of unbranched alkanes of at least 4 members (excludes halogenated alkanes) is 15. The molecule has 5 nitrogen and oxygen atoms in total. The molecule has 0 aromatic rings. The first-order chi connectivity index (χ1) is 15.4. The molecule has 2 N–H and O–H groups in total. The normalized spacial score (nSPS) is 14.3. The lowest BCUT2D eigenvalue weighted by Crippen LogP contribution is -2.41. The van der Waals surface area contributed by atoms with E-state index in [1.54, 1.807) is 13.8 Å². The summed E-state index contributed by atoms with van der Waals surface area (Å²) in [6, 6.07) is 0. The van der Waals surface area contributed by atoms with Crippen molar-refractivity contribution in [3.8, 4) is 0 Å². The highest BCUT2D eigenvalue weighted by Crippen LogP contribution is 2.19. The van der Waals surface area contributed by atoms with Gasteiger partial charge in [0, 0.05) is 13.0 Å². The predicted octanol–water partition coefficient (Wildman–Crippen LogP) is 7.20. The van der Waals surface area contributed by atoms with E-state index in [2.05, 4.69) is 35.1 Å². The van der Waals surface area contributed by atoms with Gasteiger partial charge in [-0.15, -0.1) is 0 Å². The van der Waals surface area contributed by atoms with Crippen LogP contribution in [0.1, 0.15) is 130 Å². The number of aliphatic carboxylic acids is 1. The monoisotopic (exact) mass is 474 g/mol. The fourth-order valence-electron chi connectivity index (χ4n) is 3.72. The number of carboxylic acids is 1. The number of aliphatic hydroxyl groups excluding tert-OH is 1. The molecule has 5 heteroatoms. The lowest BCUT2D eigenvalue weighted by molar-refractivity contribution is -0.849. The Hall–Kier alpha value is -0.650. The zero-order valence-corrected chi connectivity index (χ0v) is 23.5. The van der Waals surface area contributed by atoms with E-state index in [9.17, 15) is 15.0 Å². The van der Waals surface area contributed by atoms with Crippen molar-refractivity contribution in [2.45, 2.75) is 142 Å². The summed E-state index contributed by atoms with van der Waals surface area (Å²) in [5.41, 5.74) is -1.27. The van der Waals surface area contributed by atoms with Crippen molar-refractivity contribution in [2.75, 3.05) is 34.8 Å². The van der Waals surface area contributed by atoms with Crippen LogP contribution in [0.3, 0.4) is 0 Å². The van der Waals surface area contributed by atoms with E-state index in [4.69, 9.17) is 4.74 Å². The molecule has 0 aliphatic rings. The van der Waals surface area contributed by atoms with E-state index < -0.39 is 17.7 Å². The first-order valence-electron chi connectivity index (χ1n) is 13.8. The second kappa shape index (κ2) is 21.9. The Morgan fingerprint density at radius 3 is 1.33 bits per heavy atom. The third-order valence-corrected chi connectivity index (χ3v) is 5.56. The highest BCUT2D eigenvalue weighted by Gasteiger charge is 2.35. The molecule has 0 aromatic carbocycles. The van der Waals surface area contributed by atoms with Gasteiger partial charge in [-0.3, -0.25) is 0 Å². The predicted molar refractivity (Wildman–Crippen MR) is 142 cm³/mol. The number of quaternary nitrogens is 1. The quantitative estimate of drug-likeness (QED) is 0.136. The fraction of sp³-hybridized carbons (Fsp3) is 0.964. The van der Waals surface area contributed by atoms with Gasteiger partial charge in [-0.2, -0.15) is 0 Å². The molecule has 0 aliphatic heterocycles. The van der Waals surface area contributed by atoms with Gasteiger partial charge in [0.05, 0.1) is 34.3 Å². The largest absolute Gasteiger partial charge is 0.479 e. The maximum atomic E-state index is 11.3. The Kier molecular flexibility index (Phi) is 22.9. The molecule has 0 radical (unpaired) electrons. The molecule has 0 rings (SSSR count). The molecule has 0 spiro atoms. The van der Waals surface area contributed by atoms with Gasteiger partial charge in [0.2, 0.25) is 0 Å². The maximum absolute atomic E-state index is 11.3. The first kappa shape index (κ1) is 34.5. The summed E-state index contributed by atoms with van der Waals surface area (Å²) in [5, 5.41) is 18.7. The van der Waals surface area contributed by atoms with Crippen LogP contribution in [-0.4, -0.2) is 67.2 Å². The minimum absolute atomic E-state index is 0.126. The van der Waals surface area contributed by atoms with E-state index in [0.29, 0.717) is 6.61 Å². The second-order valence-electron chi connectivity index (χ2n) is 11.4. The summed E-state index contributed by atoms with van der Waals surface area (Å²) < 4.78 is 6.56. The van der Waals surface area contributed by atoms with Crippen LogP contribution < -0.4 is 0 Å². The second-order valence-corrected chi connectivity index (χ2v) is 11.4. The van der Waals surface area contributed by atoms with Gasteiger partial charge >= 0.3 is 5.97 Å². The molecule has 0 heterocycles. The average Bonchev–Trinajstić information content (AvgIpc) is 2.68. The molecule has 0 aliphatic carbocycles. The molecule has 0 fully saturated rings. The van der Waals surface area contributed by atoms with Crippen molar-refractivity contribution in [2.24, 2.45) is 0 Å². The van der Waals surface area contributed by atoms with Gasteiger partial charge in [0.1, 0.15) is 0 Å². The Labute approximate surface area is 206 Å². The van der Waals surface area contributed by atoms with E-state index in [1.165, 1.54) is 89.9 Å². The van der Waals surface area contributed by atoms with E-state index in [0.717, 1.165) is 17.3 Å². The summed E-state index contributed by atoms with van der Waals surface area (Å²) in [6.45, 7) is 5.87. The van der Waals surface area contributed by atoms with Crippen molar-refractivity contribution in [3.63, 3.8) is 0 Å². The zero-order valence-electron chi connectivity index (χ0n) is 23.5. The number of aliphatic hydroxyl groups is 1. The molecular weight excluding hydrogens is 414 g/mol. The van der Waals surface area contributed by atoms with Gasteiger partial charge in [-0.25, -0.2) is 4.79 Å². The Balaban J connectivity index is 0. The van der Waals surface area contributed by atoms with E-state index >= 15 is 0 Å². The van der Waals surface area contributed by atoms with Crippen LogP contribution in [0, 0.1) is 0 Å². The van der Waals surface area contributed by atoms with Gasteiger partial charge in [-0.05, 0) is 20.3 Å². The molecule has 0 saturated carbocycles. The molecule has 33 heavy (non-hydrogen) atoms. The van der Waals surface area contributed by atoms with Crippen molar-refractivity contribution in [1.82, 2.24) is 0 Å². The van der Waals surface area contributed by atoms with Crippen LogP contribution in [-0.2, 0) is 9.53 Å². The molecular formula is C28H60NO4+. The van der Waals surface area contributed by atoms with Gasteiger partial charge in [0.25, 0.3) is 0 Å². The summed E-state index contributed by atoms with van der Waals surface area (Å²) in [6.07, 6.45) is 20.5. The number of nitrogens with zero attached hydrogens (tertiary/aromatic N) is 1. The van der Waals surface area contributed by atoms with E-state index in [-0.39, 0.29) is 6.42 Å². The number of hydrogen-bond donors (Lipinski definition) is 2. The number of rotatable bonds is 21. The van der Waals surface area contributed by atoms with Gasteiger partial charge in [-0.1, -0.05) is 103 Å². The van der Waals surface area contributed by atoms with Crippen LogP contribution in [0.4, 0.5) is 0 Å². The molecule has 2 atom stereocenters. The standard InChI is InChI=1S/C24H48O4.C4H12N/c1-4-5-6-7-8-9-10-11-12-13-14-15-16-17-18-19-20-28-24(3,23(26)27)21-22(2)25;1-5(2,3)4/h22,25H,4-21H2,1-3H3,(H,26,27);1-4H3/q;+1. The van der Waals surface area contributed by atoms with Crippen molar-refractivity contribution < 1.29 is 24.2 Å². The topological polar surface area (TPSA) is 66.8 Å². The highest BCUT2D eigenvalue weighted by atomic mass is 16.5. The Morgan fingerprint density at radius 1 is 0.758 bits per heavy atom. The lowest BCUT2D eigenvalue weighted by Gasteiger charge is -2.26. The number of carboxylic acid groups (broad SMARTS) is 1. The first-order valence-corrected chi connectivity index (χ1v) is 13.8. The minimum atomic E-state index is -1.27. The van der Waals surface area contributed by atoms with Gasteiger partial charge < -0.3 is 19.4 Å². The Morgan fingerprint density at radius 2 is 1.06 bits per heavy atom. The van der Waals surface area contributed by atoms with Crippen LogP contribution >= 0.6 is 0 Å². The van der Waals surface area contributed by atoms with Crippen molar-refractivity contribution in [3.05, 3.63) is 0 Å². The van der Waals surface area contributed by atoms with E-state index in [1.807, 2.05) is 0 Å². The SMILES string of the molecule is CCCCCCCCCCCCCCCCCCOC(C)(CC(C)O)C(=O)O.C[N+](C)(C)C. The number of carbonyl (C=O) groups is 1. The summed E-state index contributed by atoms with van der Waals surface area (Å²) in [7, 11) is 8.50. The zero-order chi connectivity index (χ0) is 25.6. The smallest absolute Gasteiger partial charge is 0.335 e. The van der Waals surface area contributed by atoms with Crippen LogP contribution in [0.25, 0.3) is 0 Å². The summed E-state index contributed by atoms with van der Waals surface area (Å²) >= 11 is 0. The maximum Gasteiger partial charge on any atom is 0.335 e. The molecule has 0 bridgehead atoms. The number of ether oxygens (including phenoxy) is 1. The van der Waals surface area contributed by atoms with Crippen molar-refractivity contribution in [1.29, 1.82) is 0 Å². The number of hydrogen-bond acceptors (Lipinski definition) is 3. The molecule has 2 unspecified atom stereocenters. The fourth-order valence-corrected chi connectivity index (χ4v) is 3.72. The lowest BCUT2D eigenvalue weighted by atomic mass is 9.99. The molecule has 0 amide bonds. The Bertz CT molecular complexity index is 428. The summed E-state index contributed by atoms with van der Waals surface area (Å²) in [4.78, 5) is 11.3.